The minimum atomic E-state index is -0.825. The Kier molecular flexibility index (Phi) is 5.07. The van der Waals surface area contributed by atoms with Gasteiger partial charge in [-0.15, -0.1) is 0 Å². The van der Waals surface area contributed by atoms with E-state index in [0.29, 0.717) is 23.3 Å². The molecule has 1 heterocycles. The van der Waals surface area contributed by atoms with Crippen molar-refractivity contribution in [2.45, 2.75) is 6.04 Å². The molecule has 0 aliphatic carbocycles. The molecular weight excluding hydrogens is 365 g/mol. The molecule has 3 aromatic rings. The number of hydrogen-bond acceptors (Lipinski definition) is 3. The van der Waals surface area contributed by atoms with E-state index in [1.807, 2.05) is 60.7 Å². The van der Waals surface area contributed by atoms with E-state index in [2.05, 4.69) is 4.99 Å². The molecule has 27 heavy (non-hydrogen) atoms. The summed E-state index contributed by atoms with van der Waals surface area (Å²) in [5, 5.41) is 0.632. The van der Waals surface area contributed by atoms with Crippen LogP contribution in [-0.4, -0.2) is 19.4 Å². The highest BCUT2D eigenvalue weighted by Gasteiger charge is 2.23. The molecule has 0 saturated carbocycles. The van der Waals surface area contributed by atoms with E-state index in [1.165, 1.54) is 0 Å². The minimum absolute atomic E-state index is 0.0503. The largest absolute Gasteiger partial charge is 0.475 e. The van der Waals surface area contributed by atoms with Crippen LogP contribution in [0, 0.1) is 0 Å². The second-order valence-corrected chi connectivity index (χ2v) is 6.55. The second kappa shape index (κ2) is 7.80. The third-order valence-corrected chi connectivity index (χ3v) is 4.79. The van der Waals surface area contributed by atoms with Gasteiger partial charge in [0, 0.05) is 0 Å². The van der Waals surface area contributed by atoms with Gasteiger partial charge in [0.05, 0.1) is 10.6 Å². The number of halogens is 2. The molecule has 1 unspecified atom stereocenters. The first-order valence-electron chi connectivity index (χ1n) is 8.59. The minimum Gasteiger partial charge on any atom is -0.475 e. The monoisotopic (exact) mass is 381 g/mol. The highest BCUT2D eigenvalue weighted by molar-refractivity contribution is 6.33. The maximum Gasteiger partial charge on any atom is 0.228 e. The lowest BCUT2D eigenvalue weighted by Gasteiger charge is -2.08. The summed E-state index contributed by atoms with van der Waals surface area (Å²) in [6.45, 7) is -0.330. The molecule has 0 radical (unpaired) electrons. The van der Waals surface area contributed by atoms with Gasteiger partial charge < -0.3 is 9.47 Å². The fourth-order valence-corrected chi connectivity index (χ4v) is 3.25. The van der Waals surface area contributed by atoms with Crippen LogP contribution in [0.2, 0.25) is 5.02 Å². The quantitative estimate of drug-likeness (QED) is 0.556. The van der Waals surface area contributed by atoms with E-state index in [0.717, 1.165) is 22.3 Å². The van der Waals surface area contributed by atoms with Gasteiger partial charge in [-0.05, 0) is 41.0 Å². The van der Waals surface area contributed by atoms with Crippen LogP contribution in [0.4, 0.5) is 4.39 Å². The molecular formula is C22H17ClFNO2. The van der Waals surface area contributed by atoms with Crippen LogP contribution in [0.25, 0.3) is 11.1 Å². The zero-order chi connectivity index (χ0) is 18.6. The highest BCUT2D eigenvalue weighted by atomic mass is 35.5. The lowest BCUT2D eigenvalue weighted by molar-refractivity contribution is 0.192. The first-order chi connectivity index (χ1) is 13.2. The standard InChI is InChI=1S/C22H17ClFNO2/c23-20-4-2-1-3-19(20)22-25-21(13-26-22)17-7-5-15(6-8-17)16-9-11-18(12-10-16)27-14-24/h1-12,21H,13-14H2. The van der Waals surface area contributed by atoms with E-state index in [-0.39, 0.29) is 6.04 Å². The van der Waals surface area contributed by atoms with Crippen molar-refractivity contribution < 1.29 is 13.9 Å². The summed E-state index contributed by atoms with van der Waals surface area (Å²) < 4.78 is 22.8. The van der Waals surface area contributed by atoms with E-state index in [1.54, 1.807) is 12.1 Å². The summed E-state index contributed by atoms with van der Waals surface area (Å²) in [7, 11) is 0. The van der Waals surface area contributed by atoms with Gasteiger partial charge in [-0.2, -0.15) is 0 Å². The zero-order valence-electron chi connectivity index (χ0n) is 14.4. The average molecular weight is 382 g/mol. The average Bonchev–Trinajstić information content (AvgIpc) is 3.19. The third kappa shape index (κ3) is 3.81. The number of ether oxygens (including phenoxy) is 2. The van der Waals surface area contributed by atoms with Crippen LogP contribution < -0.4 is 4.74 Å². The van der Waals surface area contributed by atoms with Crippen molar-refractivity contribution in [1.82, 2.24) is 0 Å². The first-order valence-corrected chi connectivity index (χ1v) is 8.97. The van der Waals surface area contributed by atoms with Crippen molar-refractivity contribution in [2.24, 2.45) is 4.99 Å². The Morgan fingerprint density at radius 3 is 2.30 bits per heavy atom. The summed E-state index contributed by atoms with van der Waals surface area (Å²) in [4.78, 5) is 4.68. The van der Waals surface area contributed by atoms with Crippen LogP contribution >= 0.6 is 11.6 Å². The second-order valence-electron chi connectivity index (χ2n) is 6.14. The van der Waals surface area contributed by atoms with Crippen molar-refractivity contribution in [1.29, 1.82) is 0 Å². The van der Waals surface area contributed by atoms with Crippen molar-refractivity contribution in [2.75, 3.05) is 13.5 Å². The number of benzene rings is 3. The lowest BCUT2D eigenvalue weighted by atomic mass is 10.0. The summed E-state index contributed by atoms with van der Waals surface area (Å²) in [6, 6.07) is 23.0. The zero-order valence-corrected chi connectivity index (χ0v) is 15.2. The van der Waals surface area contributed by atoms with Crippen LogP contribution in [0.15, 0.2) is 77.8 Å². The van der Waals surface area contributed by atoms with Gasteiger partial charge in [0.25, 0.3) is 0 Å². The van der Waals surface area contributed by atoms with Crippen LogP contribution in [0.1, 0.15) is 17.2 Å². The smallest absolute Gasteiger partial charge is 0.228 e. The van der Waals surface area contributed by atoms with Gasteiger partial charge in [-0.1, -0.05) is 60.1 Å². The molecule has 4 rings (SSSR count). The summed E-state index contributed by atoms with van der Waals surface area (Å²) in [5.41, 5.74) is 4.00. The van der Waals surface area contributed by atoms with Gasteiger partial charge in [0.1, 0.15) is 18.4 Å². The summed E-state index contributed by atoms with van der Waals surface area (Å²) >= 11 is 6.23. The summed E-state index contributed by atoms with van der Waals surface area (Å²) in [5.74, 6) is 1.10. The normalized spacial score (nSPS) is 15.9. The molecule has 0 spiro atoms. The van der Waals surface area contributed by atoms with Gasteiger partial charge in [0.15, 0.2) is 0 Å². The number of aliphatic imine (C=N–C) groups is 1. The Balaban J connectivity index is 1.52. The fraction of sp³-hybridized carbons (Fsp3) is 0.136. The topological polar surface area (TPSA) is 30.8 Å². The van der Waals surface area contributed by atoms with E-state index in [9.17, 15) is 4.39 Å². The molecule has 0 bridgehead atoms. The fourth-order valence-electron chi connectivity index (χ4n) is 3.03. The maximum atomic E-state index is 12.2. The molecule has 0 amide bonds. The number of rotatable bonds is 5. The SMILES string of the molecule is FCOc1ccc(-c2ccc(C3COC(c4ccccc4Cl)=N3)cc2)cc1. The van der Waals surface area contributed by atoms with Crippen molar-refractivity contribution in [3.05, 3.63) is 88.9 Å². The molecule has 0 fully saturated rings. The molecule has 0 aromatic heterocycles. The number of hydrogen-bond donors (Lipinski definition) is 0. The first kappa shape index (κ1) is 17.6. The Hall–Kier alpha value is -2.85. The predicted octanol–water partition coefficient (Wildman–Crippen LogP) is 5.83. The van der Waals surface area contributed by atoms with E-state index in [4.69, 9.17) is 21.1 Å². The van der Waals surface area contributed by atoms with Crippen molar-refractivity contribution in [3.63, 3.8) is 0 Å². The van der Waals surface area contributed by atoms with Crippen LogP contribution in [0.5, 0.6) is 5.75 Å². The van der Waals surface area contributed by atoms with Gasteiger partial charge in [0.2, 0.25) is 12.8 Å². The van der Waals surface area contributed by atoms with Crippen molar-refractivity contribution in [3.8, 4) is 16.9 Å². The Morgan fingerprint density at radius 2 is 1.63 bits per heavy atom. The van der Waals surface area contributed by atoms with E-state index >= 15 is 0 Å². The number of alkyl halides is 1. The maximum absolute atomic E-state index is 12.2. The van der Waals surface area contributed by atoms with Crippen LogP contribution in [0.3, 0.4) is 0 Å². The lowest BCUT2D eigenvalue weighted by Crippen LogP contribution is -2.01. The molecule has 0 N–H and O–H groups in total. The Bertz CT molecular complexity index is 955. The van der Waals surface area contributed by atoms with Gasteiger partial charge in [-0.3, -0.25) is 0 Å². The highest BCUT2D eigenvalue weighted by Crippen LogP contribution is 2.30. The molecule has 0 saturated heterocycles. The Labute approximate surface area is 162 Å². The summed E-state index contributed by atoms with van der Waals surface area (Å²) in [6.07, 6.45) is 0. The molecule has 3 aromatic carbocycles. The molecule has 5 heteroatoms. The number of nitrogens with zero attached hydrogens (tertiary/aromatic N) is 1. The predicted molar refractivity (Wildman–Crippen MR) is 105 cm³/mol. The molecule has 1 aliphatic rings. The van der Waals surface area contributed by atoms with E-state index < -0.39 is 6.86 Å². The third-order valence-electron chi connectivity index (χ3n) is 4.46. The van der Waals surface area contributed by atoms with Crippen LogP contribution in [-0.2, 0) is 4.74 Å². The molecule has 3 nitrogen and oxygen atoms in total. The molecule has 136 valence electrons. The van der Waals surface area contributed by atoms with Crippen molar-refractivity contribution >= 4 is 17.5 Å². The van der Waals surface area contributed by atoms with Gasteiger partial charge >= 0.3 is 0 Å². The van der Waals surface area contributed by atoms with Gasteiger partial charge in [-0.25, -0.2) is 9.38 Å². The Morgan fingerprint density at radius 1 is 0.963 bits per heavy atom. The molecule has 1 aliphatic heterocycles. The molecule has 1 atom stereocenters.